The van der Waals surface area contributed by atoms with Crippen molar-refractivity contribution in [2.75, 3.05) is 11.1 Å². The quantitative estimate of drug-likeness (QED) is 0.372. The molecule has 0 bridgehead atoms. The summed E-state index contributed by atoms with van der Waals surface area (Å²) in [6.45, 7) is 6.03. The molecule has 6 nitrogen and oxygen atoms in total. The molecule has 2 aromatic carbocycles. The minimum Gasteiger partial charge on any atom is -0.461 e. The molecule has 0 saturated carbocycles. The molecule has 158 valence electrons. The van der Waals surface area contributed by atoms with Crippen molar-refractivity contribution in [2.45, 2.75) is 25.9 Å². The Morgan fingerprint density at radius 3 is 2.45 bits per heavy atom. The molecule has 1 N–H and O–H groups in total. The van der Waals surface area contributed by atoms with Crippen molar-refractivity contribution in [3.8, 4) is 17.3 Å². The van der Waals surface area contributed by atoms with Crippen LogP contribution >= 0.6 is 23.4 Å². The molecular formula is C23H21ClN4O2S. The number of nitrogens with one attached hydrogen (secondary N) is 1. The molecule has 8 heteroatoms. The smallest absolute Gasteiger partial charge is 0.234 e. The summed E-state index contributed by atoms with van der Waals surface area (Å²) in [5.74, 6) is 1.23. The molecule has 2 heterocycles. The SMILES string of the molecule is Cc1cc(C)c(NC(=O)CSc2nnc(-c3ccco3)n2-c2ccc(Cl)cc2)c(C)c1. The van der Waals surface area contributed by atoms with Crippen molar-refractivity contribution >= 4 is 35.0 Å². The van der Waals surface area contributed by atoms with Crippen molar-refractivity contribution in [2.24, 2.45) is 0 Å². The maximum atomic E-state index is 12.7. The zero-order chi connectivity index (χ0) is 22.0. The molecule has 0 fully saturated rings. The fraction of sp³-hybridized carbons (Fsp3) is 0.174. The maximum Gasteiger partial charge on any atom is 0.234 e. The normalized spacial score (nSPS) is 11.0. The summed E-state index contributed by atoms with van der Waals surface area (Å²) in [4.78, 5) is 12.7. The average Bonchev–Trinajstić information content (AvgIpc) is 3.39. The Hall–Kier alpha value is -3.03. The zero-order valence-electron chi connectivity index (χ0n) is 17.3. The van der Waals surface area contributed by atoms with Crippen LogP contribution in [0.1, 0.15) is 16.7 Å². The summed E-state index contributed by atoms with van der Waals surface area (Å²) < 4.78 is 7.38. The van der Waals surface area contributed by atoms with E-state index in [-0.39, 0.29) is 11.7 Å². The van der Waals surface area contributed by atoms with Crippen molar-refractivity contribution in [3.63, 3.8) is 0 Å². The van der Waals surface area contributed by atoms with Crippen LogP contribution in [0.2, 0.25) is 5.02 Å². The van der Waals surface area contributed by atoms with Gasteiger partial charge in [0.25, 0.3) is 0 Å². The molecule has 0 saturated heterocycles. The largest absolute Gasteiger partial charge is 0.461 e. The highest BCUT2D eigenvalue weighted by Gasteiger charge is 2.19. The van der Waals surface area contributed by atoms with E-state index in [1.807, 2.05) is 43.5 Å². The Bertz CT molecular complexity index is 1190. The monoisotopic (exact) mass is 452 g/mol. The minimum atomic E-state index is -0.106. The molecular weight excluding hydrogens is 432 g/mol. The minimum absolute atomic E-state index is 0.106. The van der Waals surface area contributed by atoms with Crippen LogP contribution in [-0.2, 0) is 4.79 Å². The van der Waals surface area contributed by atoms with Crippen LogP contribution in [0.4, 0.5) is 5.69 Å². The lowest BCUT2D eigenvalue weighted by molar-refractivity contribution is -0.113. The maximum absolute atomic E-state index is 12.7. The summed E-state index contributed by atoms with van der Waals surface area (Å²) >= 11 is 7.36. The Balaban J connectivity index is 1.58. The number of carbonyl (C=O) groups is 1. The van der Waals surface area contributed by atoms with E-state index in [1.165, 1.54) is 17.3 Å². The van der Waals surface area contributed by atoms with Gasteiger partial charge in [0.2, 0.25) is 11.7 Å². The van der Waals surface area contributed by atoms with Gasteiger partial charge in [0.15, 0.2) is 10.9 Å². The van der Waals surface area contributed by atoms with Crippen LogP contribution in [-0.4, -0.2) is 26.4 Å². The number of nitrogens with zero attached hydrogens (tertiary/aromatic N) is 3. The number of hydrogen-bond donors (Lipinski definition) is 1. The first-order valence-electron chi connectivity index (χ1n) is 9.68. The number of hydrogen-bond acceptors (Lipinski definition) is 5. The lowest BCUT2D eigenvalue weighted by Crippen LogP contribution is -2.16. The van der Waals surface area contributed by atoms with Crippen LogP contribution in [0, 0.1) is 20.8 Å². The summed E-state index contributed by atoms with van der Waals surface area (Å²) in [5.41, 5.74) is 4.94. The second kappa shape index (κ2) is 8.99. The number of aromatic nitrogens is 3. The van der Waals surface area contributed by atoms with Gasteiger partial charge in [-0.15, -0.1) is 10.2 Å². The average molecular weight is 453 g/mol. The third-order valence-corrected chi connectivity index (χ3v) is 5.91. The second-order valence-corrected chi connectivity index (χ2v) is 8.58. The Morgan fingerprint density at radius 2 is 1.81 bits per heavy atom. The van der Waals surface area contributed by atoms with Crippen LogP contribution < -0.4 is 5.32 Å². The standard InChI is InChI=1S/C23H21ClN4O2S/c1-14-11-15(2)21(16(3)12-14)25-20(29)13-31-23-27-26-22(19-5-4-10-30-19)28(23)18-8-6-17(24)7-9-18/h4-12H,13H2,1-3H3,(H,25,29). The number of benzene rings is 2. The number of halogens is 1. The predicted octanol–water partition coefficient (Wildman–Crippen LogP) is 5.84. The summed E-state index contributed by atoms with van der Waals surface area (Å²) in [6, 6.07) is 15.1. The van der Waals surface area contributed by atoms with E-state index in [9.17, 15) is 4.79 Å². The number of furan rings is 1. The lowest BCUT2D eigenvalue weighted by Gasteiger charge is -2.13. The Labute approximate surface area is 189 Å². The van der Waals surface area contributed by atoms with Crippen LogP contribution in [0.3, 0.4) is 0 Å². The predicted molar refractivity (Wildman–Crippen MR) is 124 cm³/mol. The fourth-order valence-electron chi connectivity index (χ4n) is 3.43. The van der Waals surface area contributed by atoms with E-state index in [0.717, 1.165) is 22.5 Å². The molecule has 0 spiro atoms. The molecule has 0 radical (unpaired) electrons. The second-order valence-electron chi connectivity index (χ2n) is 7.21. The molecule has 31 heavy (non-hydrogen) atoms. The van der Waals surface area contributed by atoms with E-state index >= 15 is 0 Å². The zero-order valence-corrected chi connectivity index (χ0v) is 18.9. The first kappa shape index (κ1) is 21.2. The number of anilines is 1. The molecule has 4 rings (SSSR count). The molecule has 0 unspecified atom stereocenters. The van der Waals surface area contributed by atoms with Crippen molar-refractivity contribution in [3.05, 3.63) is 76.5 Å². The Kier molecular flexibility index (Phi) is 6.15. The number of rotatable bonds is 6. The number of carbonyl (C=O) groups excluding carboxylic acids is 1. The van der Waals surface area contributed by atoms with Gasteiger partial charge in [-0.2, -0.15) is 0 Å². The summed E-state index contributed by atoms with van der Waals surface area (Å²) in [6.07, 6.45) is 1.59. The molecule has 0 aliphatic rings. The van der Waals surface area contributed by atoms with Gasteiger partial charge in [-0.1, -0.05) is 41.1 Å². The number of aryl methyl sites for hydroxylation is 3. The van der Waals surface area contributed by atoms with Gasteiger partial charge in [-0.05, 0) is 68.3 Å². The van der Waals surface area contributed by atoms with Gasteiger partial charge >= 0.3 is 0 Å². The van der Waals surface area contributed by atoms with E-state index < -0.39 is 0 Å². The third-order valence-electron chi connectivity index (χ3n) is 4.73. The van der Waals surface area contributed by atoms with E-state index in [0.29, 0.717) is 21.8 Å². The lowest BCUT2D eigenvalue weighted by atomic mass is 10.1. The Morgan fingerprint density at radius 1 is 1.10 bits per heavy atom. The van der Waals surface area contributed by atoms with Gasteiger partial charge in [0.05, 0.1) is 12.0 Å². The highest BCUT2D eigenvalue weighted by molar-refractivity contribution is 7.99. The molecule has 0 aliphatic carbocycles. The van der Waals surface area contributed by atoms with Crippen molar-refractivity contribution in [1.29, 1.82) is 0 Å². The summed E-state index contributed by atoms with van der Waals surface area (Å²) in [5, 5.41) is 12.8. The van der Waals surface area contributed by atoms with Crippen molar-refractivity contribution < 1.29 is 9.21 Å². The first-order chi connectivity index (χ1) is 14.9. The van der Waals surface area contributed by atoms with Gasteiger partial charge in [-0.25, -0.2) is 0 Å². The number of amides is 1. The third kappa shape index (κ3) is 4.68. The highest BCUT2D eigenvalue weighted by atomic mass is 35.5. The molecule has 4 aromatic rings. The van der Waals surface area contributed by atoms with Gasteiger partial charge in [0, 0.05) is 16.4 Å². The van der Waals surface area contributed by atoms with Crippen LogP contribution in [0.15, 0.2) is 64.4 Å². The van der Waals surface area contributed by atoms with E-state index in [1.54, 1.807) is 24.5 Å². The van der Waals surface area contributed by atoms with E-state index in [2.05, 4.69) is 27.6 Å². The topological polar surface area (TPSA) is 73.0 Å². The molecule has 2 aromatic heterocycles. The molecule has 0 aliphatic heterocycles. The van der Waals surface area contributed by atoms with Crippen LogP contribution in [0.5, 0.6) is 0 Å². The first-order valence-corrected chi connectivity index (χ1v) is 11.0. The van der Waals surface area contributed by atoms with Gasteiger partial charge in [-0.3, -0.25) is 9.36 Å². The van der Waals surface area contributed by atoms with Gasteiger partial charge < -0.3 is 9.73 Å². The fourth-order valence-corrected chi connectivity index (χ4v) is 4.31. The highest BCUT2D eigenvalue weighted by Crippen LogP contribution is 2.29. The number of thioether (sulfide) groups is 1. The van der Waals surface area contributed by atoms with Crippen molar-refractivity contribution in [1.82, 2.24) is 14.8 Å². The summed E-state index contributed by atoms with van der Waals surface area (Å²) in [7, 11) is 0. The van der Waals surface area contributed by atoms with E-state index in [4.69, 9.17) is 16.0 Å². The van der Waals surface area contributed by atoms with Gasteiger partial charge in [0.1, 0.15) is 0 Å². The molecule has 0 atom stereocenters. The van der Waals surface area contributed by atoms with Crippen LogP contribution in [0.25, 0.3) is 17.3 Å². The molecule has 1 amide bonds.